The van der Waals surface area contributed by atoms with Crippen LogP contribution >= 0.6 is 11.6 Å². The average molecular weight is 292 g/mol. The molecule has 2 aromatic rings. The second-order valence-electron chi connectivity index (χ2n) is 4.82. The minimum absolute atomic E-state index is 0.745. The highest BCUT2D eigenvalue weighted by Crippen LogP contribution is 2.22. The molecule has 0 aliphatic heterocycles. The minimum atomic E-state index is 0.745. The first-order chi connectivity index (χ1) is 9.71. The lowest BCUT2D eigenvalue weighted by Gasteiger charge is -2.08. The van der Waals surface area contributed by atoms with E-state index in [9.17, 15) is 0 Å². The molecule has 4 heteroatoms. The number of halogens is 1. The van der Waals surface area contributed by atoms with Crippen molar-refractivity contribution in [3.63, 3.8) is 0 Å². The maximum absolute atomic E-state index is 6.10. The van der Waals surface area contributed by atoms with Crippen LogP contribution in [0.4, 0.5) is 0 Å². The van der Waals surface area contributed by atoms with Crippen LogP contribution in [-0.2, 0) is 19.3 Å². The zero-order valence-corrected chi connectivity index (χ0v) is 13.2. The molecule has 2 rings (SSSR count). The highest BCUT2D eigenvalue weighted by molar-refractivity contribution is 6.30. The molecular weight excluding hydrogens is 270 g/mol. The maximum atomic E-state index is 6.10. The number of nitrogens with zero attached hydrogens (tertiary/aromatic N) is 2. The van der Waals surface area contributed by atoms with Crippen LogP contribution in [0, 0.1) is 0 Å². The summed E-state index contributed by atoms with van der Waals surface area (Å²) in [5.41, 5.74) is 4.90. The van der Waals surface area contributed by atoms with Crippen LogP contribution in [0.3, 0.4) is 0 Å². The van der Waals surface area contributed by atoms with E-state index < -0.39 is 0 Å². The molecule has 0 saturated carbocycles. The molecule has 0 amide bonds. The van der Waals surface area contributed by atoms with Gasteiger partial charge in [0.05, 0.1) is 11.4 Å². The fraction of sp³-hybridized carbons (Fsp3) is 0.438. The second kappa shape index (κ2) is 6.91. The molecule has 0 bridgehead atoms. The van der Waals surface area contributed by atoms with Crippen molar-refractivity contribution in [3.05, 3.63) is 46.2 Å². The van der Waals surface area contributed by atoms with Crippen molar-refractivity contribution >= 4 is 11.6 Å². The van der Waals surface area contributed by atoms with Crippen LogP contribution in [0.25, 0.3) is 5.69 Å². The Morgan fingerprint density at radius 3 is 2.65 bits per heavy atom. The van der Waals surface area contributed by atoms with Gasteiger partial charge in [0.15, 0.2) is 0 Å². The van der Waals surface area contributed by atoms with Gasteiger partial charge in [-0.3, -0.25) is 0 Å². The van der Waals surface area contributed by atoms with Crippen molar-refractivity contribution in [2.24, 2.45) is 0 Å². The highest BCUT2D eigenvalue weighted by atomic mass is 35.5. The summed E-state index contributed by atoms with van der Waals surface area (Å²) in [7, 11) is 1.98. The normalized spacial score (nSPS) is 11.0. The second-order valence-corrected chi connectivity index (χ2v) is 5.26. The molecule has 0 aliphatic carbocycles. The van der Waals surface area contributed by atoms with E-state index in [4.69, 9.17) is 16.7 Å². The zero-order chi connectivity index (χ0) is 14.5. The summed E-state index contributed by atoms with van der Waals surface area (Å²) in [5, 5.41) is 8.76. The van der Waals surface area contributed by atoms with Gasteiger partial charge in [-0.2, -0.15) is 5.10 Å². The Labute approximate surface area is 126 Å². The molecule has 0 radical (unpaired) electrons. The van der Waals surface area contributed by atoms with Crippen molar-refractivity contribution < 1.29 is 0 Å². The molecular formula is C16H22ClN3. The Morgan fingerprint density at radius 2 is 2.05 bits per heavy atom. The van der Waals surface area contributed by atoms with Crippen molar-refractivity contribution in [2.75, 3.05) is 13.6 Å². The summed E-state index contributed by atoms with van der Waals surface area (Å²) in [4.78, 5) is 0. The molecule has 1 aromatic carbocycles. The smallest absolute Gasteiger partial charge is 0.0663 e. The van der Waals surface area contributed by atoms with E-state index in [-0.39, 0.29) is 0 Å². The molecule has 0 atom stereocenters. The van der Waals surface area contributed by atoms with Crippen LogP contribution in [0.2, 0.25) is 5.02 Å². The van der Waals surface area contributed by atoms with E-state index in [0.717, 1.165) is 36.5 Å². The summed E-state index contributed by atoms with van der Waals surface area (Å²) in [6.45, 7) is 5.31. The van der Waals surface area contributed by atoms with Gasteiger partial charge in [0, 0.05) is 10.7 Å². The molecule has 1 aromatic heterocycles. The molecule has 0 spiro atoms. The summed E-state index contributed by atoms with van der Waals surface area (Å²) in [6.07, 6.45) is 2.95. The van der Waals surface area contributed by atoms with Gasteiger partial charge in [-0.15, -0.1) is 0 Å². The topological polar surface area (TPSA) is 29.9 Å². The van der Waals surface area contributed by atoms with Gasteiger partial charge < -0.3 is 5.32 Å². The third kappa shape index (κ3) is 3.05. The molecule has 3 nitrogen and oxygen atoms in total. The first-order valence-corrected chi connectivity index (χ1v) is 7.59. The number of hydrogen-bond acceptors (Lipinski definition) is 2. The molecule has 0 aliphatic rings. The number of hydrogen-bond donors (Lipinski definition) is 1. The summed E-state index contributed by atoms with van der Waals surface area (Å²) in [5.74, 6) is 0. The van der Waals surface area contributed by atoms with E-state index in [0.29, 0.717) is 0 Å². The highest BCUT2D eigenvalue weighted by Gasteiger charge is 2.16. The van der Waals surface area contributed by atoms with Crippen LogP contribution in [0.15, 0.2) is 24.3 Å². The lowest BCUT2D eigenvalue weighted by Crippen LogP contribution is -2.12. The van der Waals surface area contributed by atoms with Gasteiger partial charge in [-0.1, -0.05) is 31.5 Å². The van der Waals surface area contributed by atoms with Crippen molar-refractivity contribution in [1.82, 2.24) is 15.1 Å². The van der Waals surface area contributed by atoms with Crippen LogP contribution < -0.4 is 5.32 Å². The van der Waals surface area contributed by atoms with E-state index in [2.05, 4.69) is 29.9 Å². The average Bonchev–Trinajstić information content (AvgIpc) is 2.82. The Bertz CT molecular complexity index is 575. The molecule has 0 saturated heterocycles. The lowest BCUT2D eigenvalue weighted by atomic mass is 10.1. The molecule has 0 unspecified atom stereocenters. The third-order valence-corrected chi connectivity index (χ3v) is 3.76. The molecule has 108 valence electrons. The summed E-state index contributed by atoms with van der Waals surface area (Å²) >= 11 is 6.10. The quantitative estimate of drug-likeness (QED) is 0.884. The lowest BCUT2D eigenvalue weighted by molar-refractivity contribution is 0.772. The monoisotopic (exact) mass is 291 g/mol. The van der Waals surface area contributed by atoms with Crippen molar-refractivity contribution in [3.8, 4) is 5.69 Å². The number of likely N-dealkylation sites (N-methyl/N-ethyl adjacent to an activating group) is 1. The first kappa shape index (κ1) is 15.1. The van der Waals surface area contributed by atoms with Crippen LogP contribution in [0.1, 0.15) is 30.8 Å². The Hall–Kier alpha value is -1.32. The number of aromatic nitrogens is 2. The van der Waals surface area contributed by atoms with Gasteiger partial charge in [0.25, 0.3) is 0 Å². The number of nitrogens with one attached hydrogen (secondary N) is 1. The molecule has 0 fully saturated rings. The van der Waals surface area contributed by atoms with Gasteiger partial charge in [0.1, 0.15) is 0 Å². The predicted molar refractivity (Wildman–Crippen MR) is 85.0 cm³/mol. The summed E-state index contributed by atoms with van der Waals surface area (Å²) < 4.78 is 2.05. The van der Waals surface area contributed by atoms with Gasteiger partial charge in [-0.05, 0) is 56.6 Å². The molecule has 1 heterocycles. The van der Waals surface area contributed by atoms with E-state index in [1.54, 1.807) is 0 Å². The SMILES string of the molecule is CCc1nn(-c2cccc(Cl)c2)c(CC)c1CCNC. The zero-order valence-electron chi connectivity index (χ0n) is 12.4. The van der Waals surface area contributed by atoms with E-state index in [1.807, 2.05) is 25.2 Å². The fourth-order valence-electron chi connectivity index (χ4n) is 2.54. The van der Waals surface area contributed by atoms with E-state index in [1.165, 1.54) is 17.0 Å². The van der Waals surface area contributed by atoms with Crippen LogP contribution in [0.5, 0.6) is 0 Å². The van der Waals surface area contributed by atoms with Crippen molar-refractivity contribution in [2.45, 2.75) is 33.1 Å². The van der Waals surface area contributed by atoms with Crippen molar-refractivity contribution in [1.29, 1.82) is 0 Å². The third-order valence-electron chi connectivity index (χ3n) is 3.52. The maximum Gasteiger partial charge on any atom is 0.0663 e. The number of rotatable bonds is 6. The molecule has 1 N–H and O–H groups in total. The predicted octanol–water partition coefficient (Wildman–Crippen LogP) is 3.41. The summed E-state index contributed by atoms with van der Waals surface area (Å²) in [6, 6.07) is 7.88. The largest absolute Gasteiger partial charge is 0.319 e. The Morgan fingerprint density at radius 1 is 1.25 bits per heavy atom. The molecule has 20 heavy (non-hydrogen) atoms. The standard InChI is InChI=1S/C16H22ClN3/c1-4-15-14(9-10-18-3)16(5-2)20(19-15)13-8-6-7-12(17)11-13/h6-8,11,18H,4-5,9-10H2,1-3H3. The van der Waals surface area contributed by atoms with Gasteiger partial charge in [-0.25, -0.2) is 4.68 Å². The fourth-order valence-corrected chi connectivity index (χ4v) is 2.73. The number of aryl methyl sites for hydroxylation is 1. The van der Waals surface area contributed by atoms with Gasteiger partial charge >= 0.3 is 0 Å². The van der Waals surface area contributed by atoms with Gasteiger partial charge in [0.2, 0.25) is 0 Å². The van der Waals surface area contributed by atoms with E-state index >= 15 is 0 Å². The minimum Gasteiger partial charge on any atom is -0.319 e. The first-order valence-electron chi connectivity index (χ1n) is 7.21. The Kier molecular flexibility index (Phi) is 5.21. The number of benzene rings is 1. The van der Waals surface area contributed by atoms with Crippen LogP contribution in [-0.4, -0.2) is 23.4 Å². The Balaban J connectivity index is 2.50.